The Hall–Kier alpha value is -0.900. The van der Waals surface area contributed by atoms with Gasteiger partial charge in [-0.2, -0.15) is 0 Å². The fourth-order valence-electron chi connectivity index (χ4n) is 2.83. The van der Waals surface area contributed by atoms with Crippen LogP contribution < -0.4 is 5.73 Å². The molecular formula is C12H20N2O2. The Morgan fingerprint density at radius 2 is 2.06 bits per heavy atom. The molecule has 2 atom stereocenters. The highest BCUT2D eigenvalue weighted by Crippen LogP contribution is 2.25. The monoisotopic (exact) mass is 224 g/mol. The van der Waals surface area contributed by atoms with Crippen LogP contribution in [0.25, 0.3) is 0 Å². The van der Waals surface area contributed by atoms with Crippen molar-refractivity contribution in [1.29, 1.82) is 0 Å². The first-order valence-corrected chi connectivity index (χ1v) is 6.24. The molecule has 1 amide bonds. The van der Waals surface area contributed by atoms with Gasteiger partial charge in [-0.25, -0.2) is 0 Å². The van der Waals surface area contributed by atoms with Crippen LogP contribution in [0.4, 0.5) is 0 Å². The zero-order chi connectivity index (χ0) is 11.5. The van der Waals surface area contributed by atoms with Crippen LogP contribution in [0.2, 0.25) is 0 Å². The molecule has 0 radical (unpaired) electrons. The molecule has 0 bridgehead atoms. The summed E-state index contributed by atoms with van der Waals surface area (Å²) >= 11 is 0. The van der Waals surface area contributed by atoms with Gasteiger partial charge in [0.1, 0.15) is 5.78 Å². The molecule has 2 N–H and O–H groups in total. The fourth-order valence-corrected chi connectivity index (χ4v) is 2.83. The number of amides is 1. The van der Waals surface area contributed by atoms with E-state index >= 15 is 0 Å². The summed E-state index contributed by atoms with van der Waals surface area (Å²) < 4.78 is 0. The van der Waals surface area contributed by atoms with Crippen LogP contribution in [0, 0.1) is 5.92 Å². The first-order valence-electron chi connectivity index (χ1n) is 6.24. The molecule has 0 aromatic carbocycles. The summed E-state index contributed by atoms with van der Waals surface area (Å²) in [5, 5.41) is 0. The molecule has 1 saturated carbocycles. The van der Waals surface area contributed by atoms with E-state index in [0.717, 1.165) is 38.6 Å². The molecule has 2 unspecified atom stereocenters. The highest BCUT2D eigenvalue weighted by atomic mass is 16.1. The maximum absolute atomic E-state index is 11.9. The molecule has 0 spiro atoms. The van der Waals surface area contributed by atoms with Gasteiger partial charge in [0.15, 0.2) is 0 Å². The van der Waals surface area contributed by atoms with Gasteiger partial charge in [0, 0.05) is 13.0 Å². The van der Waals surface area contributed by atoms with E-state index in [1.165, 1.54) is 0 Å². The summed E-state index contributed by atoms with van der Waals surface area (Å²) in [5.74, 6) is 0.0993. The third-order valence-electron chi connectivity index (χ3n) is 3.84. The predicted octanol–water partition coefficient (Wildman–Crippen LogP) is 0.695. The number of ketones is 1. The first kappa shape index (κ1) is 11.6. The minimum atomic E-state index is -0.219. The van der Waals surface area contributed by atoms with Gasteiger partial charge >= 0.3 is 0 Å². The standard InChI is InChI=1S/C12H20N2O2/c13-12(16)9-6-7-14(8-9)10-4-2-1-3-5-11(10)15/h9-10H,1-8H2,(H2,13,16). The van der Waals surface area contributed by atoms with Gasteiger partial charge in [-0.05, 0) is 25.8 Å². The Labute approximate surface area is 96.2 Å². The average Bonchev–Trinajstić information content (AvgIpc) is 2.63. The van der Waals surface area contributed by atoms with E-state index < -0.39 is 0 Å². The van der Waals surface area contributed by atoms with Gasteiger partial charge in [0.2, 0.25) is 5.91 Å². The molecule has 0 aromatic rings. The molecule has 1 saturated heterocycles. The quantitative estimate of drug-likeness (QED) is 0.702. The molecule has 90 valence electrons. The maximum atomic E-state index is 11.9. The molecule has 1 aliphatic carbocycles. The topological polar surface area (TPSA) is 63.4 Å². The van der Waals surface area contributed by atoms with Crippen molar-refractivity contribution in [3.63, 3.8) is 0 Å². The molecule has 16 heavy (non-hydrogen) atoms. The van der Waals surface area contributed by atoms with Crippen LogP contribution in [0.15, 0.2) is 0 Å². The third-order valence-corrected chi connectivity index (χ3v) is 3.84. The normalized spacial score (nSPS) is 32.6. The van der Waals surface area contributed by atoms with Gasteiger partial charge in [-0.3, -0.25) is 14.5 Å². The lowest BCUT2D eigenvalue weighted by Crippen LogP contribution is -2.40. The van der Waals surface area contributed by atoms with Crippen LogP contribution in [0.5, 0.6) is 0 Å². The number of nitrogens with two attached hydrogens (primary N) is 1. The second-order valence-electron chi connectivity index (χ2n) is 4.96. The van der Waals surface area contributed by atoms with E-state index in [-0.39, 0.29) is 17.9 Å². The average molecular weight is 224 g/mol. The molecular weight excluding hydrogens is 204 g/mol. The molecule has 4 nitrogen and oxygen atoms in total. The molecule has 1 heterocycles. The number of hydrogen-bond acceptors (Lipinski definition) is 3. The van der Waals surface area contributed by atoms with Crippen LogP contribution in [0.1, 0.15) is 38.5 Å². The van der Waals surface area contributed by atoms with E-state index in [1.807, 2.05) is 0 Å². The largest absolute Gasteiger partial charge is 0.369 e. The summed E-state index contributed by atoms with van der Waals surface area (Å²) in [6, 6.07) is 0.0619. The summed E-state index contributed by atoms with van der Waals surface area (Å²) in [4.78, 5) is 25.2. The second kappa shape index (κ2) is 4.95. The smallest absolute Gasteiger partial charge is 0.221 e. The minimum absolute atomic E-state index is 0.0453. The number of carbonyl (C=O) groups is 2. The van der Waals surface area contributed by atoms with Gasteiger partial charge in [-0.15, -0.1) is 0 Å². The molecule has 0 aromatic heterocycles. The number of likely N-dealkylation sites (tertiary alicyclic amines) is 1. The van der Waals surface area contributed by atoms with E-state index in [1.54, 1.807) is 0 Å². The van der Waals surface area contributed by atoms with Crippen molar-refractivity contribution in [2.75, 3.05) is 13.1 Å². The van der Waals surface area contributed by atoms with Crippen molar-refractivity contribution < 1.29 is 9.59 Å². The molecule has 4 heteroatoms. The highest BCUT2D eigenvalue weighted by Gasteiger charge is 2.34. The Kier molecular flexibility index (Phi) is 3.59. The number of primary amides is 1. The number of rotatable bonds is 2. The van der Waals surface area contributed by atoms with Crippen LogP contribution in [-0.2, 0) is 9.59 Å². The Morgan fingerprint density at radius 1 is 1.25 bits per heavy atom. The summed E-state index contributed by atoms with van der Waals surface area (Å²) in [6.07, 6.45) is 5.82. The van der Waals surface area contributed by atoms with Crippen molar-refractivity contribution in [3.8, 4) is 0 Å². The van der Waals surface area contributed by atoms with Gasteiger partial charge in [-0.1, -0.05) is 12.8 Å². The van der Waals surface area contributed by atoms with Crippen LogP contribution in [-0.4, -0.2) is 35.7 Å². The number of nitrogens with zero attached hydrogens (tertiary/aromatic N) is 1. The summed E-state index contributed by atoms with van der Waals surface area (Å²) in [7, 11) is 0. The number of Topliss-reactive ketones (excluding diaryl/α,β-unsaturated/α-hetero) is 1. The van der Waals surface area contributed by atoms with Crippen LogP contribution in [0.3, 0.4) is 0 Å². The van der Waals surface area contributed by atoms with Crippen molar-refractivity contribution in [2.24, 2.45) is 11.7 Å². The summed E-state index contributed by atoms with van der Waals surface area (Å²) in [6.45, 7) is 1.54. The van der Waals surface area contributed by atoms with Gasteiger partial charge in [0.25, 0.3) is 0 Å². The SMILES string of the molecule is NC(=O)C1CCN(C2CCCCCC2=O)C1. The maximum Gasteiger partial charge on any atom is 0.221 e. The minimum Gasteiger partial charge on any atom is -0.369 e. The lowest BCUT2D eigenvalue weighted by atomic mass is 10.1. The van der Waals surface area contributed by atoms with E-state index in [9.17, 15) is 9.59 Å². The van der Waals surface area contributed by atoms with E-state index in [0.29, 0.717) is 18.7 Å². The summed E-state index contributed by atoms with van der Waals surface area (Å²) in [5.41, 5.74) is 5.30. The zero-order valence-corrected chi connectivity index (χ0v) is 9.65. The Balaban J connectivity index is 1.96. The Morgan fingerprint density at radius 3 is 2.75 bits per heavy atom. The molecule has 1 aliphatic heterocycles. The van der Waals surface area contributed by atoms with Crippen molar-refractivity contribution >= 4 is 11.7 Å². The first-order chi connectivity index (χ1) is 7.68. The fraction of sp³-hybridized carbons (Fsp3) is 0.833. The zero-order valence-electron chi connectivity index (χ0n) is 9.65. The van der Waals surface area contributed by atoms with Gasteiger partial charge < -0.3 is 5.73 Å². The van der Waals surface area contributed by atoms with E-state index in [4.69, 9.17) is 5.73 Å². The highest BCUT2D eigenvalue weighted by molar-refractivity contribution is 5.84. The second-order valence-corrected chi connectivity index (χ2v) is 4.96. The lowest BCUT2D eigenvalue weighted by Gasteiger charge is -2.25. The lowest BCUT2D eigenvalue weighted by molar-refractivity contribution is -0.125. The number of carbonyl (C=O) groups excluding carboxylic acids is 2. The third kappa shape index (κ3) is 2.43. The van der Waals surface area contributed by atoms with E-state index in [2.05, 4.69) is 4.90 Å². The molecule has 2 rings (SSSR count). The van der Waals surface area contributed by atoms with Crippen LogP contribution >= 0.6 is 0 Å². The van der Waals surface area contributed by atoms with Crippen molar-refractivity contribution in [3.05, 3.63) is 0 Å². The molecule has 2 aliphatic rings. The predicted molar refractivity (Wildman–Crippen MR) is 60.8 cm³/mol. The molecule has 2 fully saturated rings. The number of hydrogen-bond donors (Lipinski definition) is 1. The van der Waals surface area contributed by atoms with Crippen molar-refractivity contribution in [1.82, 2.24) is 4.90 Å². The van der Waals surface area contributed by atoms with Gasteiger partial charge in [0.05, 0.1) is 12.0 Å². The Bertz CT molecular complexity index is 291. The van der Waals surface area contributed by atoms with Crippen molar-refractivity contribution in [2.45, 2.75) is 44.6 Å².